The molecule has 1 amide bonds. The number of hydrogen-bond donors (Lipinski definition) is 1. The Labute approximate surface area is 166 Å². The number of benzene rings is 2. The van der Waals surface area contributed by atoms with Gasteiger partial charge in [0, 0.05) is 47.1 Å². The standard InChI is InChI=1S/C23H29N3O2/c1-5-26-21-9-7-6-8-19(21)20-12-18(10-11-22(20)26)24-23(27)17(4)25-13-15(2)28-16(3)14-25/h6-12,15-17H,5,13-14H2,1-4H3,(H,24,27). The Bertz CT molecular complexity index is 1000. The Hall–Kier alpha value is -2.37. The number of rotatable bonds is 4. The average molecular weight is 380 g/mol. The third kappa shape index (κ3) is 3.40. The number of nitrogens with zero attached hydrogens (tertiary/aromatic N) is 2. The molecule has 148 valence electrons. The Balaban J connectivity index is 1.59. The number of carbonyl (C=O) groups excluding carboxylic acids is 1. The molecule has 28 heavy (non-hydrogen) atoms. The molecule has 1 fully saturated rings. The van der Waals surface area contributed by atoms with Gasteiger partial charge >= 0.3 is 0 Å². The smallest absolute Gasteiger partial charge is 0.241 e. The van der Waals surface area contributed by atoms with Crippen molar-refractivity contribution in [3.05, 3.63) is 42.5 Å². The second kappa shape index (κ2) is 7.57. The van der Waals surface area contributed by atoms with E-state index in [9.17, 15) is 4.79 Å². The monoisotopic (exact) mass is 379 g/mol. The Kier molecular flexibility index (Phi) is 5.13. The highest BCUT2D eigenvalue weighted by atomic mass is 16.5. The lowest BCUT2D eigenvalue weighted by Gasteiger charge is -2.38. The molecule has 1 N–H and O–H groups in total. The molecular weight excluding hydrogens is 350 g/mol. The number of anilines is 1. The van der Waals surface area contributed by atoms with Crippen molar-refractivity contribution in [3.8, 4) is 0 Å². The molecular formula is C23H29N3O2. The van der Waals surface area contributed by atoms with Gasteiger partial charge in [0.2, 0.25) is 5.91 Å². The number of aryl methyl sites for hydroxylation is 1. The van der Waals surface area contributed by atoms with Crippen LogP contribution in [0, 0.1) is 0 Å². The van der Waals surface area contributed by atoms with E-state index < -0.39 is 0 Å². The number of ether oxygens (including phenoxy) is 1. The van der Waals surface area contributed by atoms with E-state index in [1.807, 2.05) is 13.0 Å². The quantitative estimate of drug-likeness (QED) is 0.737. The van der Waals surface area contributed by atoms with Crippen molar-refractivity contribution in [2.45, 2.75) is 52.5 Å². The maximum atomic E-state index is 12.9. The number of aromatic nitrogens is 1. The summed E-state index contributed by atoms with van der Waals surface area (Å²) in [5, 5.41) is 5.52. The summed E-state index contributed by atoms with van der Waals surface area (Å²) in [5.74, 6) is 0.0277. The summed E-state index contributed by atoms with van der Waals surface area (Å²) in [6, 6.07) is 14.5. The van der Waals surface area contributed by atoms with Crippen molar-refractivity contribution < 1.29 is 9.53 Å². The fraction of sp³-hybridized carbons (Fsp3) is 0.435. The first-order valence-corrected chi connectivity index (χ1v) is 10.2. The third-order valence-electron chi connectivity index (χ3n) is 5.73. The molecule has 1 saturated heterocycles. The summed E-state index contributed by atoms with van der Waals surface area (Å²) in [4.78, 5) is 15.1. The van der Waals surface area contributed by atoms with E-state index in [0.29, 0.717) is 0 Å². The zero-order chi connectivity index (χ0) is 19.8. The van der Waals surface area contributed by atoms with Gasteiger partial charge in [-0.1, -0.05) is 18.2 Å². The van der Waals surface area contributed by atoms with Gasteiger partial charge in [-0.25, -0.2) is 0 Å². The van der Waals surface area contributed by atoms with Gasteiger partial charge in [0.1, 0.15) is 0 Å². The van der Waals surface area contributed by atoms with Gasteiger partial charge in [-0.3, -0.25) is 9.69 Å². The van der Waals surface area contributed by atoms with Crippen LogP contribution in [0.1, 0.15) is 27.7 Å². The van der Waals surface area contributed by atoms with Crippen molar-refractivity contribution >= 4 is 33.4 Å². The summed E-state index contributed by atoms with van der Waals surface area (Å²) in [7, 11) is 0. The largest absolute Gasteiger partial charge is 0.373 e. The Morgan fingerprint density at radius 1 is 1.11 bits per heavy atom. The van der Waals surface area contributed by atoms with Gasteiger partial charge in [-0.2, -0.15) is 0 Å². The topological polar surface area (TPSA) is 46.5 Å². The van der Waals surface area contributed by atoms with Crippen LogP contribution in [-0.2, 0) is 16.1 Å². The van der Waals surface area contributed by atoms with Crippen LogP contribution in [-0.4, -0.2) is 46.7 Å². The SMILES string of the molecule is CCn1c2ccccc2c2cc(NC(=O)C(C)N3CC(C)OC(C)C3)ccc21. The van der Waals surface area contributed by atoms with Crippen LogP contribution in [0.3, 0.4) is 0 Å². The Morgan fingerprint density at radius 2 is 1.79 bits per heavy atom. The van der Waals surface area contributed by atoms with Crippen molar-refractivity contribution in [1.29, 1.82) is 0 Å². The summed E-state index contributed by atoms with van der Waals surface area (Å²) in [5.41, 5.74) is 3.27. The lowest BCUT2D eigenvalue weighted by atomic mass is 10.1. The minimum atomic E-state index is -0.193. The molecule has 0 bridgehead atoms. The van der Waals surface area contributed by atoms with Crippen LogP contribution in [0.5, 0.6) is 0 Å². The second-order valence-electron chi connectivity index (χ2n) is 7.87. The Morgan fingerprint density at radius 3 is 2.50 bits per heavy atom. The maximum absolute atomic E-state index is 12.9. The molecule has 0 spiro atoms. The number of carbonyl (C=O) groups is 1. The normalized spacial score (nSPS) is 21.9. The van der Waals surface area contributed by atoms with Crippen LogP contribution < -0.4 is 5.32 Å². The van der Waals surface area contributed by atoms with E-state index in [-0.39, 0.29) is 24.2 Å². The number of fused-ring (bicyclic) bond motifs is 3. The van der Waals surface area contributed by atoms with Gasteiger partial charge in [0.15, 0.2) is 0 Å². The van der Waals surface area contributed by atoms with Crippen molar-refractivity contribution in [2.75, 3.05) is 18.4 Å². The number of amides is 1. The second-order valence-corrected chi connectivity index (χ2v) is 7.87. The third-order valence-corrected chi connectivity index (χ3v) is 5.73. The van der Waals surface area contributed by atoms with Gasteiger partial charge in [0.25, 0.3) is 0 Å². The highest BCUT2D eigenvalue weighted by molar-refractivity contribution is 6.10. The molecule has 1 aliphatic rings. The van der Waals surface area contributed by atoms with E-state index >= 15 is 0 Å². The van der Waals surface area contributed by atoms with Gasteiger partial charge in [0.05, 0.1) is 18.2 Å². The first-order chi connectivity index (χ1) is 13.5. The first-order valence-electron chi connectivity index (χ1n) is 10.2. The first kappa shape index (κ1) is 19.0. The van der Waals surface area contributed by atoms with Crippen LogP contribution in [0.15, 0.2) is 42.5 Å². The minimum Gasteiger partial charge on any atom is -0.373 e. The van der Waals surface area contributed by atoms with Gasteiger partial charge in [-0.15, -0.1) is 0 Å². The fourth-order valence-corrected chi connectivity index (χ4v) is 4.42. The maximum Gasteiger partial charge on any atom is 0.241 e. The summed E-state index contributed by atoms with van der Waals surface area (Å²) in [6.07, 6.45) is 0.297. The molecule has 5 nitrogen and oxygen atoms in total. The number of para-hydroxylation sites is 1. The molecule has 0 aliphatic carbocycles. The van der Waals surface area contributed by atoms with E-state index in [1.54, 1.807) is 0 Å². The lowest BCUT2D eigenvalue weighted by Crippen LogP contribution is -2.52. The summed E-state index contributed by atoms with van der Waals surface area (Å²) >= 11 is 0. The van der Waals surface area contributed by atoms with Gasteiger partial charge in [-0.05, 0) is 52.0 Å². The summed E-state index contributed by atoms with van der Waals surface area (Å²) in [6.45, 7) is 10.7. The predicted molar refractivity (Wildman–Crippen MR) is 115 cm³/mol. The predicted octanol–water partition coefficient (Wildman–Crippen LogP) is 4.25. The molecule has 2 aromatic carbocycles. The zero-order valence-corrected chi connectivity index (χ0v) is 17.1. The number of nitrogens with one attached hydrogen (secondary N) is 1. The van der Waals surface area contributed by atoms with Crippen molar-refractivity contribution in [3.63, 3.8) is 0 Å². The zero-order valence-electron chi connectivity index (χ0n) is 17.1. The molecule has 1 aliphatic heterocycles. The van der Waals surface area contributed by atoms with Crippen molar-refractivity contribution in [2.24, 2.45) is 0 Å². The molecule has 1 aromatic heterocycles. The van der Waals surface area contributed by atoms with Crippen LogP contribution in [0.25, 0.3) is 21.8 Å². The highest BCUT2D eigenvalue weighted by Crippen LogP contribution is 2.31. The lowest BCUT2D eigenvalue weighted by molar-refractivity contribution is -0.126. The molecule has 0 radical (unpaired) electrons. The molecule has 0 saturated carbocycles. The van der Waals surface area contributed by atoms with E-state index in [4.69, 9.17) is 4.74 Å². The molecule has 4 rings (SSSR count). The van der Waals surface area contributed by atoms with Crippen LogP contribution in [0.2, 0.25) is 0 Å². The van der Waals surface area contributed by atoms with Crippen molar-refractivity contribution in [1.82, 2.24) is 9.47 Å². The molecule has 5 heteroatoms. The number of hydrogen-bond acceptors (Lipinski definition) is 3. The molecule has 2 heterocycles. The molecule has 3 aromatic rings. The molecule has 3 atom stereocenters. The van der Waals surface area contributed by atoms with Crippen LogP contribution >= 0.6 is 0 Å². The number of morpholine rings is 1. The average Bonchev–Trinajstić information content (AvgIpc) is 2.99. The highest BCUT2D eigenvalue weighted by Gasteiger charge is 2.29. The summed E-state index contributed by atoms with van der Waals surface area (Å²) < 4.78 is 8.11. The van der Waals surface area contributed by atoms with Gasteiger partial charge < -0.3 is 14.6 Å². The molecule has 3 unspecified atom stereocenters. The van der Waals surface area contributed by atoms with E-state index in [2.05, 4.69) is 72.0 Å². The van der Waals surface area contributed by atoms with Crippen LogP contribution in [0.4, 0.5) is 5.69 Å². The minimum absolute atomic E-state index is 0.0277. The van der Waals surface area contributed by atoms with E-state index in [1.165, 1.54) is 21.8 Å². The fourth-order valence-electron chi connectivity index (χ4n) is 4.42. The van der Waals surface area contributed by atoms with E-state index in [0.717, 1.165) is 25.3 Å².